The third-order valence-electron chi connectivity index (χ3n) is 3.97. The normalized spacial score (nSPS) is 11.3. The van der Waals surface area contributed by atoms with Crippen molar-refractivity contribution in [3.8, 4) is 0 Å². The summed E-state index contributed by atoms with van der Waals surface area (Å²) in [6, 6.07) is 0. The number of thiazole rings is 1. The van der Waals surface area contributed by atoms with Crippen LogP contribution in [-0.2, 0) is 26.4 Å². The Bertz CT molecular complexity index is 680. The fourth-order valence-corrected chi connectivity index (χ4v) is 3.07. The Morgan fingerprint density at radius 1 is 1.23 bits per heavy atom. The first-order chi connectivity index (χ1) is 12.1. The largest absolute Gasteiger partial charge is 0.356 e. The Hall–Kier alpha value is -1.23. The predicted octanol–water partition coefficient (Wildman–Crippen LogP) is 2.84. The second-order valence-corrected chi connectivity index (χ2v) is 7.12. The molecule has 9 heteroatoms. The molecule has 2 aromatic heterocycles. The number of aliphatic imine (C=N–C) groups is 1. The molecule has 0 unspecified atom stereocenters. The van der Waals surface area contributed by atoms with Crippen LogP contribution in [0.3, 0.4) is 0 Å². The molecule has 0 aromatic carbocycles. The summed E-state index contributed by atoms with van der Waals surface area (Å²) in [6.45, 7) is 8.52. The van der Waals surface area contributed by atoms with Gasteiger partial charge in [0.2, 0.25) is 0 Å². The Kier molecular flexibility index (Phi) is 10.7. The van der Waals surface area contributed by atoms with E-state index < -0.39 is 0 Å². The van der Waals surface area contributed by atoms with Gasteiger partial charge >= 0.3 is 0 Å². The van der Waals surface area contributed by atoms with Crippen LogP contribution < -0.4 is 10.6 Å². The summed E-state index contributed by atoms with van der Waals surface area (Å²) in [5.41, 5.74) is 0. The molecule has 0 aliphatic rings. The van der Waals surface area contributed by atoms with Crippen molar-refractivity contribution in [1.29, 1.82) is 0 Å². The summed E-state index contributed by atoms with van der Waals surface area (Å²) >= 11 is 1.79. The van der Waals surface area contributed by atoms with Crippen molar-refractivity contribution in [3.63, 3.8) is 0 Å². The Morgan fingerprint density at radius 2 is 2.00 bits per heavy atom. The molecule has 2 rings (SSSR count). The Labute approximate surface area is 177 Å². The van der Waals surface area contributed by atoms with E-state index in [9.17, 15) is 0 Å². The van der Waals surface area contributed by atoms with E-state index in [2.05, 4.69) is 44.7 Å². The zero-order chi connectivity index (χ0) is 18.1. The van der Waals surface area contributed by atoms with Gasteiger partial charge in [0.25, 0.3) is 0 Å². The molecule has 0 amide bonds. The maximum Gasteiger partial charge on any atom is 0.191 e. The van der Waals surface area contributed by atoms with Crippen LogP contribution in [0.2, 0.25) is 0 Å². The molecule has 146 valence electrons. The lowest BCUT2D eigenvalue weighted by atomic mass is 10.3. The van der Waals surface area contributed by atoms with Crippen molar-refractivity contribution in [1.82, 2.24) is 30.4 Å². The summed E-state index contributed by atoms with van der Waals surface area (Å²) < 4.78 is 1.97. The molecule has 2 aromatic rings. The van der Waals surface area contributed by atoms with E-state index in [-0.39, 0.29) is 24.0 Å². The molecule has 0 aliphatic carbocycles. The van der Waals surface area contributed by atoms with Crippen LogP contribution in [0, 0.1) is 6.92 Å². The fourth-order valence-electron chi connectivity index (χ4n) is 2.21. The molecule has 2 heterocycles. The molecule has 0 radical (unpaired) electrons. The molecule has 7 nitrogen and oxygen atoms in total. The highest BCUT2D eigenvalue weighted by atomic mass is 127. The van der Waals surface area contributed by atoms with Crippen molar-refractivity contribution in [2.75, 3.05) is 13.1 Å². The topological polar surface area (TPSA) is 80.0 Å². The van der Waals surface area contributed by atoms with Crippen molar-refractivity contribution < 1.29 is 0 Å². The van der Waals surface area contributed by atoms with Crippen LogP contribution >= 0.6 is 35.3 Å². The minimum absolute atomic E-state index is 0. The third kappa shape index (κ3) is 7.18. The second kappa shape index (κ2) is 12.2. The second-order valence-electron chi connectivity index (χ2n) is 5.92. The highest BCUT2D eigenvalue weighted by Gasteiger charge is 2.06. The van der Waals surface area contributed by atoms with E-state index in [0.717, 1.165) is 56.4 Å². The van der Waals surface area contributed by atoms with E-state index in [1.807, 2.05) is 24.7 Å². The van der Waals surface area contributed by atoms with Crippen molar-refractivity contribution in [3.05, 3.63) is 27.7 Å². The van der Waals surface area contributed by atoms with Crippen molar-refractivity contribution in [2.24, 2.45) is 12.0 Å². The van der Waals surface area contributed by atoms with Gasteiger partial charge in [-0.3, -0.25) is 0 Å². The van der Waals surface area contributed by atoms with Gasteiger partial charge in [-0.25, -0.2) is 9.98 Å². The monoisotopic (exact) mass is 491 g/mol. The lowest BCUT2D eigenvalue weighted by Crippen LogP contribution is -2.39. The number of unbranched alkanes of at least 4 members (excludes halogenated alkanes) is 1. The summed E-state index contributed by atoms with van der Waals surface area (Å²) in [5.74, 6) is 2.58. The van der Waals surface area contributed by atoms with Crippen molar-refractivity contribution in [2.45, 2.75) is 53.0 Å². The first kappa shape index (κ1) is 22.8. The maximum absolute atomic E-state index is 4.65. The molecule has 0 spiro atoms. The van der Waals surface area contributed by atoms with Crippen LogP contribution in [0.15, 0.2) is 11.2 Å². The number of nitrogens with zero attached hydrogens (tertiary/aromatic N) is 5. The number of nitrogens with one attached hydrogen (secondary N) is 2. The number of hydrogen-bond acceptors (Lipinski definition) is 5. The number of aromatic nitrogens is 4. The lowest BCUT2D eigenvalue weighted by molar-refractivity contribution is 0.713. The molecule has 0 saturated carbocycles. The lowest BCUT2D eigenvalue weighted by Gasteiger charge is -2.12. The SMILES string of the molecule is CCCCNC(=NCc1nnc(C)n1C)NCCc1ncc(CC)s1.I. The molecule has 0 atom stereocenters. The van der Waals surface area contributed by atoms with Gasteiger partial charge in [-0.05, 0) is 19.8 Å². The summed E-state index contributed by atoms with van der Waals surface area (Å²) in [6.07, 6.45) is 6.21. The van der Waals surface area contributed by atoms with Crippen LogP contribution in [0.1, 0.15) is 48.2 Å². The van der Waals surface area contributed by atoms with Gasteiger partial charge in [-0.2, -0.15) is 0 Å². The molecule has 0 bridgehead atoms. The van der Waals surface area contributed by atoms with E-state index in [1.165, 1.54) is 9.88 Å². The summed E-state index contributed by atoms with van der Waals surface area (Å²) in [7, 11) is 1.96. The number of rotatable bonds is 9. The molecule has 0 fully saturated rings. The van der Waals surface area contributed by atoms with Crippen LogP contribution in [0.4, 0.5) is 0 Å². The number of hydrogen-bond donors (Lipinski definition) is 2. The van der Waals surface area contributed by atoms with E-state index >= 15 is 0 Å². The smallest absolute Gasteiger partial charge is 0.191 e. The van der Waals surface area contributed by atoms with Gasteiger partial charge in [0.1, 0.15) is 12.4 Å². The van der Waals surface area contributed by atoms with Crippen LogP contribution in [0.5, 0.6) is 0 Å². The van der Waals surface area contributed by atoms with Crippen molar-refractivity contribution >= 4 is 41.3 Å². The summed E-state index contributed by atoms with van der Waals surface area (Å²) in [5, 5.41) is 16.2. The zero-order valence-electron chi connectivity index (χ0n) is 16.1. The van der Waals surface area contributed by atoms with Gasteiger partial charge in [0.05, 0.1) is 5.01 Å². The fraction of sp³-hybridized carbons (Fsp3) is 0.647. The maximum atomic E-state index is 4.65. The average molecular weight is 491 g/mol. The van der Waals surface area contributed by atoms with Crippen LogP contribution in [-0.4, -0.2) is 38.8 Å². The highest BCUT2D eigenvalue weighted by molar-refractivity contribution is 14.0. The van der Waals surface area contributed by atoms with Gasteiger partial charge in [-0.15, -0.1) is 45.5 Å². The van der Waals surface area contributed by atoms with Gasteiger partial charge in [0.15, 0.2) is 11.8 Å². The van der Waals surface area contributed by atoms with Crippen LogP contribution in [0.25, 0.3) is 0 Å². The van der Waals surface area contributed by atoms with E-state index in [0.29, 0.717) is 6.54 Å². The van der Waals surface area contributed by atoms with Gasteiger partial charge in [-0.1, -0.05) is 20.3 Å². The molecule has 0 saturated heterocycles. The number of guanidine groups is 1. The number of aryl methyl sites for hydroxylation is 2. The average Bonchev–Trinajstić information content (AvgIpc) is 3.20. The first-order valence-corrected chi connectivity index (χ1v) is 9.76. The zero-order valence-corrected chi connectivity index (χ0v) is 19.2. The quantitative estimate of drug-likeness (QED) is 0.244. The first-order valence-electron chi connectivity index (χ1n) is 8.94. The minimum atomic E-state index is 0. The van der Waals surface area contributed by atoms with E-state index in [4.69, 9.17) is 0 Å². The van der Waals surface area contributed by atoms with Gasteiger partial charge < -0.3 is 15.2 Å². The third-order valence-corrected chi connectivity index (χ3v) is 5.17. The minimum Gasteiger partial charge on any atom is -0.356 e. The van der Waals surface area contributed by atoms with Gasteiger partial charge in [0, 0.05) is 37.6 Å². The standard InChI is InChI=1S/C17H29N7S.HI/c1-5-7-9-18-17(21-12-15-23-22-13(3)24(15)4)19-10-8-16-20-11-14(6-2)25-16;/h11H,5-10,12H2,1-4H3,(H2,18,19,21);1H. The number of halogens is 1. The highest BCUT2D eigenvalue weighted by Crippen LogP contribution is 2.13. The molecular weight excluding hydrogens is 461 g/mol. The molecule has 26 heavy (non-hydrogen) atoms. The Morgan fingerprint density at radius 3 is 2.62 bits per heavy atom. The summed E-state index contributed by atoms with van der Waals surface area (Å²) in [4.78, 5) is 10.4. The molecule has 0 aliphatic heterocycles. The molecule has 2 N–H and O–H groups in total. The Balaban J connectivity index is 0.00000338. The predicted molar refractivity (Wildman–Crippen MR) is 118 cm³/mol. The molecular formula is C17H30IN7S. The van der Waals surface area contributed by atoms with E-state index in [1.54, 1.807) is 11.3 Å².